The number of benzene rings is 2. The van der Waals surface area contributed by atoms with Gasteiger partial charge in [-0.05, 0) is 37.6 Å². The van der Waals surface area contributed by atoms with Crippen molar-refractivity contribution in [2.45, 2.75) is 20.8 Å². The van der Waals surface area contributed by atoms with Crippen LogP contribution in [-0.4, -0.2) is 18.4 Å². The Bertz CT molecular complexity index is 726. The highest BCUT2D eigenvalue weighted by Gasteiger charge is 2.09. The number of hydrogen-bond donors (Lipinski definition) is 2. The van der Waals surface area contributed by atoms with E-state index in [1.807, 2.05) is 32.0 Å². The molecule has 2 rings (SSSR count). The molecule has 5 heteroatoms. The van der Waals surface area contributed by atoms with E-state index in [0.29, 0.717) is 17.1 Å². The average molecular weight is 312 g/mol. The third-order valence-corrected chi connectivity index (χ3v) is 3.20. The molecule has 23 heavy (non-hydrogen) atoms. The minimum Gasteiger partial charge on any atom is -0.483 e. The van der Waals surface area contributed by atoms with Crippen molar-refractivity contribution in [2.24, 2.45) is 0 Å². The van der Waals surface area contributed by atoms with E-state index in [-0.39, 0.29) is 18.4 Å². The molecule has 0 saturated heterocycles. The zero-order chi connectivity index (χ0) is 16.8. The summed E-state index contributed by atoms with van der Waals surface area (Å²) in [5.41, 5.74) is 3.22. The maximum atomic E-state index is 12.1. The summed E-state index contributed by atoms with van der Waals surface area (Å²) in [4.78, 5) is 23.2. The molecule has 2 aromatic rings. The molecular formula is C18H20N2O3. The molecule has 0 heterocycles. The molecule has 0 aromatic heterocycles. The number of nitrogens with one attached hydrogen (secondary N) is 2. The number of carbonyl (C=O) groups is 2. The molecule has 2 amide bonds. The zero-order valence-corrected chi connectivity index (χ0v) is 13.5. The van der Waals surface area contributed by atoms with Gasteiger partial charge >= 0.3 is 0 Å². The van der Waals surface area contributed by atoms with Gasteiger partial charge in [0.25, 0.3) is 5.91 Å². The molecule has 0 aliphatic rings. The normalized spacial score (nSPS) is 10.0. The first-order valence-electron chi connectivity index (χ1n) is 7.32. The fraction of sp³-hybridized carbons (Fsp3) is 0.222. The molecule has 0 radical (unpaired) electrons. The average Bonchev–Trinajstić information content (AvgIpc) is 2.48. The Kier molecular flexibility index (Phi) is 5.36. The van der Waals surface area contributed by atoms with Gasteiger partial charge in [-0.3, -0.25) is 9.59 Å². The lowest BCUT2D eigenvalue weighted by Crippen LogP contribution is -2.21. The van der Waals surface area contributed by atoms with Crippen LogP contribution in [0.3, 0.4) is 0 Å². The van der Waals surface area contributed by atoms with Crippen LogP contribution in [0, 0.1) is 13.8 Å². The Balaban J connectivity index is 1.98. The van der Waals surface area contributed by atoms with E-state index in [9.17, 15) is 9.59 Å². The summed E-state index contributed by atoms with van der Waals surface area (Å²) < 4.78 is 5.55. The Hall–Kier alpha value is -2.82. The van der Waals surface area contributed by atoms with Gasteiger partial charge < -0.3 is 15.4 Å². The van der Waals surface area contributed by atoms with Crippen molar-refractivity contribution >= 4 is 23.2 Å². The molecule has 0 aliphatic carbocycles. The highest BCUT2D eigenvalue weighted by molar-refractivity contribution is 5.99. The number of aryl methyl sites for hydroxylation is 2. The van der Waals surface area contributed by atoms with Gasteiger partial charge in [0.2, 0.25) is 5.91 Å². The Morgan fingerprint density at radius 2 is 1.65 bits per heavy atom. The monoisotopic (exact) mass is 312 g/mol. The smallest absolute Gasteiger partial charge is 0.262 e. The maximum absolute atomic E-state index is 12.1. The van der Waals surface area contributed by atoms with Crippen molar-refractivity contribution in [1.29, 1.82) is 0 Å². The first-order valence-corrected chi connectivity index (χ1v) is 7.32. The highest BCUT2D eigenvalue weighted by atomic mass is 16.5. The molecule has 0 unspecified atom stereocenters. The first-order chi connectivity index (χ1) is 11.0. The van der Waals surface area contributed by atoms with Crippen molar-refractivity contribution in [2.75, 3.05) is 17.2 Å². The molecule has 120 valence electrons. The summed E-state index contributed by atoms with van der Waals surface area (Å²) in [6.45, 7) is 5.26. The van der Waals surface area contributed by atoms with Crippen LogP contribution in [0.1, 0.15) is 18.1 Å². The van der Waals surface area contributed by atoms with Crippen molar-refractivity contribution in [3.63, 3.8) is 0 Å². The van der Waals surface area contributed by atoms with Gasteiger partial charge in [0, 0.05) is 6.92 Å². The van der Waals surface area contributed by atoms with Gasteiger partial charge in [0.05, 0.1) is 11.4 Å². The van der Waals surface area contributed by atoms with Gasteiger partial charge in [-0.1, -0.05) is 29.8 Å². The predicted octanol–water partition coefficient (Wildman–Crippen LogP) is 3.28. The largest absolute Gasteiger partial charge is 0.483 e. The Morgan fingerprint density at radius 1 is 1.00 bits per heavy atom. The highest BCUT2D eigenvalue weighted by Crippen LogP contribution is 2.21. The van der Waals surface area contributed by atoms with Gasteiger partial charge in [-0.2, -0.15) is 0 Å². The molecule has 2 N–H and O–H groups in total. The van der Waals surface area contributed by atoms with Crippen LogP contribution in [0.4, 0.5) is 11.4 Å². The topological polar surface area (TPSA) is 67.4 Å². The molecule has 0 fully saturated rings. The van der Waals surface area contributed by atoms with E-state index in [2.05, 4.69) is 10.6 Å². The summed E-state index contributed by atoms with van der Waals surface area (Å²) in [5, 5.41) is 5.41. The minimum absolute atomic E-state index is 0.0989. The maximum Gasteiger partial charge on any atom is 0.262 e. The molecule has 2 aromatic carbocycles. The number of carbonyl (C=O) groups excluding carboxylic acids is 2. The first kappa shape index (κ1) is 16.5. The fourth-order valence-electron chi connectivity index (χ4n) is 2.18. The minimum atomic E-state index is -0.289. The lowest BCUT2D eigenvalue weighted by molar-refractivity contribution is -0.118. The lowest BCUT2D eigenvalue weighted by Gasteiger charge is -2.12. The van der Waals surface area contributed by atoms with E-state index in [1.54, 1.807) is 24.3 Å². The van der Waals surface area contributed by atoms with Crippen LogP contribution in [0.15, 0.2) is 42.5 Å². The molecule has 0 spiro atoms. The molecule has 0 bridgehead atoms. The predicted molar refractivity (Wildman–Crippen MR) is 90.8 cm³/mol. The molecule has 0 atom stereocenters. The molecular weight excluding hydrogens is 292 g/mol. The van der Waals surface area contributed by atoms with Crippen LogP contribution in [0.25, 0.3) is 0 Å². The van der Waals surface area contributed by atoms with Gasteiger partial charge in [-0.15, -0.1) is 0 Å². The fourth-order valence-corrected chi connectivity index (χ4v) is 2.18. The zero-order valence-electron chi connectivity index (χ0n) is 13.5. The lowest BCUT2D eigenvalue weighted by atomic mass is 10.1. The molecule has 0 saturated carbocycles. The van der Waals surface area contributed by atoms with E-state index >= 15 is 0 Å². The van der Waals surface area contributed by atoms with E-state index in [4.69, 9.17) is 4.74 Å². The second-order valence-electron chi connectivity index (χ2n) is 5.33. The van der Waals surface area contributed by atoms with Crippen LogP contribution in [-0.2, 0) is 9.59 Å². The summed E-state index contributed by atoms with van der Waals surface area (Å²) in [7, 11) is 0. The molecule has 5 nitrogen and oxygen atoms in total. The van der Waals surface area contributed by atoms with E-state index in [1.165, 1.54) is 6.92 Å². The summed E-state index contributed by atoms with van der Waals surface area (Å²) in [5.74, 6) is 0.196. The third-order valence-electron chi connectivity index (χ3n) is 3.20. The van der Waals surface area contributed by atoms with Crippen molar-refractivity contribution < 1.29 is 14.3 Å². The number of rotatable bonds is 5. The third kappa shape index (κ3) is 4.85. The second-order valence-corrected chi connectivity index (χ2v) is 5.33. The summed E-state index contributed by atoms with van der Waals surface area (Å²) >= 11 is 0. The van der Waals surface area contributed by atoms with Crippen molar-refractivity contribution in [3.8, 4) is 5.75 Å². The van der Waals surface area contributed by atoms with Gasteiger partial charge in [0.1, 0.15) is 5.75 Å². The van der Waals surface area contributed by atoms with Crippen LogP contribution in [0.5, 0.6) is 5.75 Å². The summed E-state index contributed by atoms with van der Waals surface area (Å²) in [6, 6.07) is 12.8. The summed E-state index contributed by atoms with van der Waals surface area (Å²) in [6.07, 6.45) is 0. The second kappa shape index (κ2) is 7.45. The van der Waals surface area contributed by atoms with E-state index in [0.717, 1.165) is 11.1 Å². The van der Waals surface area contributed by atoms with Crippen LogP contribution in [0.2, 0.25) is 0 Å². The van der Waals surface area contributed by atoms with Crippen molar-refractivity contribution in [1.82, 2.24) is 0 Å². The number of ether oxygens (including phenoxy) is 1. The standard InChI is InChI=1S/C18H20N2O3/c1-12-8-9-17(13(2)10-12)23-11-18(22)20-16-7-5-4-6-15(16)19-14(3)21/h4-10H,11H2,1-3H3,(H,19,21)(H,20,22). The van der Waals surface area contributed by atoms with Crippen LogP contribution < -0.4 is 15.4 Å². The van der Waals surface area contributed by atoms with Gasteiger partial charge in [0.15, 0.2) is 6.61 Å². The number of anilines is 2. The Morgan fingerprint density at radius 3 is 2.26 bits per heavy atom. The van der Waals surface area contributed by atoms with Crippen LogP contribution >= 0.6 is 0 Å². The SMILES string of the molecule is CC(=O)Nc1ccccc1NC(=O)COc1ccc(C)cc1C. The Labute approximate surface area is 135 Å². The molecule has 0 aliphatic heterocycles. The number of amides is 2. The van der Waals surface area contributed by atoms with E-state index < -0.39 is 0 Å². The quantitative estimate of drug-likeness (QED) is 0.890. The van der Waals surface area contributed by atoms with Gasteiger partial charge in [-0.25, -0.2) is 0 Å². The number of hydrogen-bond acceptors (Lipinski definition) is 3. The van der Waals surface area contributed by atoms with Crippen molar-refractivity contribution in [3.05, 3.63) is 53.6 Å². The number of para-hydroxylation sites is 2.